The summed E-state index contributed by atoms with van der Waals surface area (Å²) in [6.07, 6.45) is 7.08. The smallest absolute Gasteiger partial charge is 0.206 e. The molecule has 0 amide bonds. The third kappa shape index (κ3) is 3.93. The molecule has 5 aromatic rings. The maximum Gasteiger partial charge on any atom is 0.206 e. The average Bonchev–Trinajstić information content (AvgIpc) is 3.38. The van der Waals surface area contributed by atoms with Gasteiger partial charge in [-0.2, -0.15) is 5.21 Å². The molecule has 1 N–H and O–H groups in total. The predicted octanol–water partition coefficient (Wildman–Crippen LogP) is 4.76. The zero-order valence-corrected chi connectivity index (χ0v) is 19.3. The van der Waals surface area contributed by atoms with Gasteiger partial charge in [0.25, 0.3) is 0 Å². The fourth-order valence-corrected chi connectivity index (χ4v) is 4.25. The number of H-pyrrole nitrogens is 1. The van der Waals surface area contributed by atoms with Crippen LogP contribution in [0.4, 0.5) is 0 Å². The van der Waals surface area contributed by atoms with Crippen molar-refractivity contribution in [2.24, 2.45) is 0 Å². The van der Waals surface area contributed by atoms with E-state index >= 15 is 0 Å². The molecule has 0 bridgehead atoms. The molecule has 0 saturated heterocycles. The molecule has 0 spiro atoms. The van der Waals surface area contributed by atoms with Gasteiger partial charge in [0.1, 0.15) is 0 Å². The van der Waals surface area contributed by atoms with Crippen LogP contribution in [0.1, 0.15) is 19.4 Å². The van der Waals surface area contributed by atoms with Gasteiger partial charge in [0.05, 0.1) is 10.3 Å². The third-order valence-electron chi connectivity index (χ3n) is 5.97. The van der Waals surface area contributed by atoms with E-state index in [-0.39, 0.29) is 0 Å². The van der Waals surface area contributed by atoms with Crippen molar-refractivity contribution in [1.82, 2.24) is 30.6 Å². The molecule has 0 aliphatic rings. The molecule has 7 nitrogen and oxygen atoms in total. The van der Waals surface area contributed by atoms with E-state index in [1.807, 2.05) is 50.4 Å². The summed E-state index contributed by atoms with van der Waals surface area (Å²) in [5, 5.41) is 15.2. The van der Waals surface area contributed by atoms with Crippen LogP contribution in [-0.4, -0.2) is 41.1 Å². The first-order valence-corrected chi connectivity index (χ1v) is 12.0. The number of aromatic nitrogens is 6. The number of fused-ring (bicyclic) bond motifs is 1. The summed E-state index contributed by atoms with van der Waals surface area (Å²) >= 11 is 0. The number of benzene rings is 2. The van der Waals surface area contributed by atoms with Crippen LogP contribution in [0.2, 0.25) is 0 Å². The van der Waals surface area contributed by atoms with E-state index < -0.39 is 15.5 Å². The Morgan fingerprint density at radius 2 is 1.70 bits per heavy atom. The SMILES string of the molecule is CS(=O)C(C)(C)c1cc(-c2cccc(-c3cncc(-c4nn[nH]n4)c3)c2)c2ncccc2c1. The van der Waals surface area contributed by atoms with Crippen molar-refractivity contribution >= 4 is 21.7 Å². The first-order valence-electron chi connectivity index (χ1n) is 10.5. The lowest BCUT2D eigenvalue weighted by Gasteiger charge is -2.24. The fraction of sp³-hybridized carbons (Fsp3) is 0.160. The molecule has 1 unspecified atom stereocenters. The summed E-state index contributed by atoms with van der Waals surface area (Å²) in [5.41, 5.74) is 6.71. The number of pyridine rings is 2. The molecule has 3 aromatic heterocycles. The van der Waals surface area contributed by atoms with E-state index in [1.165, 1.54) is 0 Å². The third-order valence-corrected chi connectivity index (χ3v) is 7.64. The Kier molecular flexibility index (Phi) is 5.30. The van der Waals surface area contributed by atoms with Gasteiger partial charge in [0.2, 0.25) is 5.82 Å². The van der Waals surface area contributed by atoms with Gasteiger partial charge in [0, 0.05) is 57.7 Å². The van der Waals surface area contributed by atoms with Gasteiger partial charge < -0.3 is 0 Å². The Labute approximate surface area is 193 Å². The molecule has 3 heterocycles. The highest BCUT2D eigenvalue weighted by Gasteiger charge is 2.26. The summed E-state index contributed by atoms with van der Waals surface area (Å²) < 4.78 is 12.0. The topological polar surface area (TPSA) is 97.3 Å². The van der Waals surface area contributed by atoms with Crippen molar-refractivity contribution in [3.63, 3.8) is 0 Å². The van der Waals surface area contributed by atoms with Gasteiger partial charge >= 0.3 is 0 Å². The molecule has 0 fully saturated rings. The van der Waals surface area contributed by atoms with E-state index in [1.54, 1.807) is 18.6 Å². The molecule has 164 valence electrons. The minimum Gasteiger partial charge on any atom is -0.263 e. The lowest BCUT2D eigenvalue weighted by molar-refractivity contribution is 0.648. The van der Waals surface area contributed by atoms with E-state index in [4.69, 9.17) is 0 Å². The molecule has 0 aliphatic heterocycles. The molecule has 0 radical (unpaired) electrons. The van der Waals surface area contributed by atoms with Crippen LogP contribution in [0.15, 0.2) is 73.2 Å². The van der Waals surface area contributed by atoms with E-state index in [0.29, 0.717) is 5.82 Å². The Morgan fingerprint density at radius 3 is 2.48 bits per heavy atom. The monoisotopic (exact) mass is 454 g/mol. The number of hydrogen-bond donors (Lipinski definition) is 1. The standard InChI is InChI=1S/C25H22N6OS/c1-25(2,33(3)32)21-12-18-8-5-9-27-23(18)22(13-21)17-7-4-6-16(10-17)19-11-20(15-26-14-19)24-28-30-31-29-24/h4-15H,1-3H3,(H,28,29,30,31). The van der Waals surface area contributed by atoms with Crippen molar-refractivity contribution in [2.75, 3.05) is 6.26 Å². The van der Waals surface area contributed by atoms with Crippen LogP contribution in [0, 0.1) is 0 Å². The van der Waals surface area contributed by atoms with Crippen LogP contribution in [-0.2, 0) is 15.5 Å². The van der Waals surface area contributed by atoms with Crippen LogP contribution in [0.25, 0.3) is 44.5 Å². The Balaban J connectivity index is 1.66. The van der Waals surface area contributed by atoms with Gasteiger partial charge in [-0.1, -0.05) is 24.3 Å². The largest absolute Gasteiger partial charge is 0.263 e. The van der Waals surface area contributed by atoms with Gasteiger partial charge in [-0.05, 0) is 66.1 Å². The summed E-state index contributed by atoms with van der Waals surface area (Å²) in [5.74, 6) is 0.498. The fourth-order valence-electron chi connectivity index (χ4n) is 3.80. The molecule has 33 heavy (non-hydrogen) atoms. The molecule has 2 aromatic carbocycles. The molecule has 5 rings (SSSR count). The number of hydrogen-bond acceptors (Lipinski definition) is 6. The zero-order valence-electron chi connectivity index (χ0n) is 18.5. The highest BCUT2D eigenvalue weighted by molar-refractivity contribution is 7.85. The summed E-state index contributed by atoms with van der Waals surface area (Å²) in [7, 11) is -1.03. The number of nitrogens with one attached hydrogen (secondary N) is 1. The maximum absolute atomic E-state index is 12.5. The van der Waals surface area contributed by atoms with E-state index in [0.717, 1.165) is 44.3 Å². The molecule has 0 aliphatic carbocycles. The van der Waals surface area contributed by atoms with Crippen molar-refractivity contribution in [1.29, 1.82) is 0 Å². The highest BCUT2D eigenvalue weighted by Crippen LogP contribution is 2.36. The lowest BCUT2D eigenvalue weighted by Crippen LogP contribution is -2.22. The summed E-state index contributed by atoms with van der Waals surface area (Å²) in [6.45, 7) is 4.02. The van der Waals surface area contributed by atoms with Crippen molar-refractivity contribution < 1.29 is 4.21 Å². The lowest BCUT2D eigenvalue weighted by atomic mass is 9.92. The Morgan fingerprint density at radius 1 is 0.909 bits per heavy atom. The second-order valence-electron chi connectivity index (χ2n) is 8.34. The van der Waals surface area contributed by atoms with Crippen molar-refractivity contribution in [3.05, 3.63) is 78.8 Å². The molecular formula is C25H22N6OS. The maximum atomic E-state index is 12.5. The minimum absolute atomic E-state index is 0.487. The Bertz CT molecular complexity index is 1480. The van der Waals surface area contributed by atoms with Crippen LogP contribution < -0.4 is 0 Å². The van der Waals surface area contributed by atoms with Crippen LogP contribution in [0.3, 0.4) is 0 Å². The molecular weight excluding hydrogens is 432 g/mol. The van der Waals surface area contributed by atoms with E-state index in [2.05, 4.69) is 54.9 Å². The number of rotatable bonds is 5. The first-order chi connectivity index (χ1) is 15.9. The number of aromatic amines is 1. The molecule has 8 heteroatoms. The summed E-state index contributed by atoms with van der Waals surface area (Å²) in [4.78, 5) is 9.03. The van der Waals surface area contributed by atoms with Gasteiger partial charge in [-0.15, -0.1) is 10.2 Å². The van der Waals surface area contributed by atoms with Crippen molar-refractivity contribution in [3.8, 4) is 33.6 Å². The normalized spacial score (nSPS) is 12.7. The van der Waals surface area contributed by atoms with Gasteiger partial charge in [-0.3, -0.25) is 14.2 Å². The zero-order chi connectivity index (χ0) is 23.0. The average molecular weight is 455 g/mol. The van der Waals surface area contributed by atoms with E-state index in [9.17, 15) is 4.21 Å². The Hall–Kier alpha value is -3.78. The predicted molar refractivity (Wildman–Crippen MR) is 131 cm³/mol. The van der Waals surface area contributed by atoms with Crippen LogP contribution in [0.5, 0.6) is 0 Å². The second-order valence-corrected chi connectivity index (χ2v) is 10.3. The second kappa shape index (κ2) is 8.29. The first kappa shape index (κ1) is 21.1. The number of nitrogens with zero attached hydrogens (tertiary/aromatic N) is 5. The highest BCUT2D eigenvalue weighted by atomic mass is 32.2. The van der Waals surface area contributed by atoms with Crippen molar-refractivity contribution in [2.45, 2.75) is 18.6 Å². The molecule has 1 atom stereocenters. The molecule has 0 saturated carbocycles. The minimum atomic E-state index is -1.03. The van der Waals surface area contributed by atoms with Gasteiger partial charge in [0.15, 0.2) is 0 Å². The quantitative estimate of drug-likeness (QED) is 0.411. The summed E-state index contributed by atoms with van der Waals surface area (Å²) in [6, 6.07) is 18.4. The van der Waals surface area contributed by atoms with Gasteiger partial charge in [-0.25, -0.2) is 0 Å². The van der Waals surface area contributed by atoms with Crippen LogP contribution >= 0.6 is 0 Å². The number of tetrazole rings is 1.